The van der Waals surface area contributed by atoms with E-state index < -0.39 is 28.6 Å². The largest absolute Gasteiger partial charge is 0.454 e. The number of amides is 1. The first-order valence-corrected chi connectivity index (χ1v) is 10.1. The van der Waals surface area contributed by atoms with Crippen LogP contribution in [0.4, 0.5) is 0 Å². The molecule has 1 aliphatic rings. The van der Waals surface area contributed by atoms with Crippen LogP contribution in [0.3, 0.4) is 0 Å². The van der Waals surface area contributed by atoms with Crippen molar-refractivity contribution < 1.29 is 22.7 Å². The Bertz CT molecular complexity index is 785. The van der Waals surface area contributed by atoms with Crippen molar-refractivity contribution in [2.45, 2.75) is 57.5 Å². The second-order valence-corrected chi connectivity index (χ2v) is 8.75. The zero-order valence-electron chi connectivity index (χ0n) is 15.5. The van der Waals surface area contributed by atoms with Crippen molar-refractivity contribution in [2.24, 2.45) is 5.92 Å². The van der Waals surface area contributed by atoms with Gasteiger partial charge in [-0.1, -0.05) is 19.9 Å². The van der Waals surface area contributed by atoms with Crippen molar-refractivity contribution in [3.63, 3.8) is 0 Å². The van der Waals surface area contributed by atoms with Crippen LogP contribution >= 0.6 is 0 Å². The Hall–Kier alpha value is -1.93. The molecule has 0 aromatic heterocycles. The second kappa shape index (κ2) is 8.18. The number of esters is 1. The van der Waals surface area contributed by atoms with Crippen LogP contribution in [-0.4, -0.2) is 39.0 Å². The highest BCUT2D eigenvalue weighted by molar-refractivity contribution is 7.89. The van der Waals surface area contributed by atoms with Gasteiger partial charge in [0.05, 0.1) is 4.90 Å². The number of benzene rings is 1. The Morgan fingerprint density at radius 2 is 1.85 bits per heavy atom. The minimum Gasteiger partial charge on any atom is -0.454 e. The highest BCUT2D eigenvalue weighted by Crippen LogP contribution is 2.18. The molecule has 2 rings (SSSR count). The summed E-state index contributed by atoms with van der Waals surface area (Å²) in [6.07, 6.45) is 1.87. The number of sulfonamides is 1. The molecule has 7 nitrogen and oxygen atoms in total. The Kier molecular flexibility index (Phi) is 6.41. The summed E-state index contributed by atoms with van der Waals surface area (Å²) in [5.41, 5.74) is 1.82. The summed E-state index contributed by atoms with van der Waals surface area (Å²) in [7, 11) is -3.89. The molecule has 144 valence electrons. The fourth-order valence-electron chi connectivity index (χ4n) is 2.30. The SMILES string of the molecule is Cc1ccc(S(=O)(=O)N[C@@H](C(=O)OCC(=O)NC2CC2)C(C)C)cc1C. The van der Waals surface area contributed by atoms with E-state index in [9.17, 15) is 18.0 Å². The number of aryl methyl sites for hydroxylation is 2. The van der Waals surface area contributed by atoms with Gasteiger partial charge < -0.3 is 10.1 Å². The molecule has 26 heavy (non-hydrogen) atoms. The molecule has 0 bridgehead atoms. The monoisotopic (exact) mass is 382 g/mol. The summed E-state index contributed by atoms with van der Waals surface area (Å²) in [4.78, 5) is 24.0. The zero-order valence-corrected chi connectivity index (χ0v) is 16.4. The molecule has 1 aromatic rings. The minimum absolute atomic E-state index is 0.0885. The van der Waals surface area contributed by atoms with E-state index in [2.05, 4.69) is 10.0 Å². The first-order chi connectivity index (χ1) is 12.1. The van der Waals surface area contributed by atoms with Gasteiger partial charge in [0, 0.05) is 6.04 Å². The standard InChI is InChI=1S/C18H26N2O5S/c1-11(2)17(18(22)25-10-16(21)19-14-6-7-14)20-26(23,24)15-8-5-12(3)13(4)9-15/h5,8-9,11,14,17,20H,6-7,10H2,1-4H3,(H,19,21)/t17-/m1/s1. The van der Waals surface area contributed by atoms with Crippen LogP contribution in [0.25, 0.3) is 0 Å². The molecule has 0 heterocycles. The summed E-state index contributed by atoms with van der Waals surface area (Å²) in [6, 6.07) is 3.87. The van der Waals surface area contributed by atoms with E-state index in [4.69, 9.17) is 4.74 Å². The molecule has 0 radical (unpaired) electrons. The van der Waals surface area contributed by atoms with E-state index in [0.717, 1.165) is 24.0 Å². The highest BCUT2D eigenvalue weighted by Gasteiger charge is 2.31. The summed E-state index contributed by atoms with van der Waals surface area (Å²) >= 11 is 0. The van der Waals surface area contributed by atoms with Crippen molar-refractivity contribution in [3.8, 4) is 0 Å². The van der Waals surface area contributed by atoms with Gasteiger partial charge in [0.1, 0.15) is 6.04 Å². The second-order valence-electron chi connectivity index (χ2n) is 7.04. The number of rotatable bonds is 8. The highest BCUT2D eigenvalue weighted by atomic mass is 32.2. The first-order valence-electron chi connectivity index (χ1n) is 8.65. The molecule has 0 aliphatic heterocycles. The van der Waals surface area contributed by atoms with Crippen LogP contribution in [0.5, 0.6) is 0 Å². The summed E-state index contributed by atoms with van der Waals surface area (Å²) in [6.45, 7) is 6.71. The van der Waals surface area contributed by atoms with Crippen molar-refractivity contribution in [3.05, 3.63) is 29.3 Å². The van der Waals surface area contributed by atoms with Gasteiger partial charge in [0.2, 0.25) is 10.0 Å². The van der Waals surface area contributed by atoms with Gasteiger partial charge in [0.25, 0.3) is 5.91 Å². The van der Waals surface area contributed by atoms with Crippen molar-refractivity contribution >= 4 is 21.9 Å². The minimum atomic E-state index is -3.89. The predicted octanol–water partition coefficient (Wildman–Crippen LogP) is 1.43. The maximum Gasteiger partial charge on any atom is 0.324 e. The third-order valence-corrected chi connectivity index (χ3v) is 5.72. The van der Waals surface area contributed by atoms with Gasteiger partial charge in [-0.15, -0.1) is 0 Å². The average molecular weight is 382 g/mol. The Labute approximate surface area is 154 Å². The third-order valence-electron chi connectivity index (χ3n) is 4.28. The molecular weight excluding hydrogens is 356 g/mol. The van der Waals surface area contributed by atoms with Crippen LogP contribution in [0.15, 0.2) is 23.1 Å². The lowest BCUT2D eigenvalue weighted by Crippen LogP contribution is -2.46. The van der Waals surface area contributed by atoms with Gasteiger partial charge in [0.15, 0.2) is 6.61 Å². The van der Waals surface area contributed by atoms with Crippen LogP contribution in [0.1, 0.15) is 37.8 Å². The number of carbonyl (C=O) groups is 2. The number of hydrogen-bond acceptors (Lipinski definition) is 5. The molecular formula is C18H26N2O5S. The van der Waals surface area contributed by atoms with Crippen molar-refractivity contribution in [1.29, 1.82) is 0 Å². The number of hydrogen-bond donors (Lipinski definition) is 2. The quantitative estimate of drug-likeness (QED) is 0.662. The molecule has 0 spiro atoms. The molecule has 1 aromatic carbocycles. The fourth-order valence-corrected chi connectivity index (χ4v) is 3.71. The average Bonchev–Trinajstić information content (AvgIpc) is 3.36. The smallest absolute Gasteiger partial charge is 0.324 e. The maximum absolute atomic E-state index is 12.6. The van der Waals surface area contributed by atoms with Gasteiger partial charge in [-0.25, -0.2) is 8.42 Å². The van der Waals surface area contributed by atoms with E-state index in [1.54, 1.807) is 26.0 Å². The molecule has 0 unspecified atom stereocenters. The van der Waals surface area contributed by atoms with Crippen molar-refractivity contribution in [1.82, 2.24) is 10.0 Å². The van der Waals surface area contributed by atoms with E-state index in [1.807, 2.05) is 13.8 Å². The third kappa shape index (κ3) is 5.54. The van der Waals surface area contributed by atoms with E-state index in [-0.39, 0.29) is 22.8 Å². The van der Waals surface area contributed by atoms with Crippen LogP contribution in [0.2, 0.25) is 0 Å². The van der Waals surface area contributed by atoms with Gasteiger partial charge >= 0.3 is 5.97 Å². The maximum atomic E-state index is 12.6. The van der Waals surface area contributed by atoms with Gasteiger partial charge in [-0.3, -0.25) is 9.59 Å². The number of carbonyl (C=O) groups excluding carboxylic acids is 2. The van der Waals surface area contributed by atoms with Crippen LogP contribution in [-0.2, 0) is 24.3 Å². The lowest BCUT2D eigenvalue weighted by atomic mass is 10.1. The molecule has 1 aliphatic carbocycles. The number of ether oxygens (including phenoxy) is 1. The topological polar surface area (TPSA) is 102 Å². The normalized spacial score (nSPS) is 15.6. The molecule has 0 saturated heterocycles. The molecule has 1 fully saturated rings. The summed E-state index contributed by atoms with van der Waals surface area (Å²) < 4.78 is 32.6. The molecule has 8 heteroatoms. The van der Waals surface area contributed by atoms with E-state index in [0.29, 0.717) is 0 Å². The zero-order chi connectivity index (χ0) is 19.5. The molecule has 1 saturated carbocycles. The van der Waals surface area contributed by atoms with Gasteiger partial charge in [-0.2, -0.15) is 4.72 Å². The fraction of sp³-hybridized carbons (Fsp3) is 0.556. The van der Waals surface area contributed by atoms with E-state index >= 15 is 0 Å². The molecule has 2 N–H and O–H groups in total. The number of nitrogens with one attached hydrogen (secondary N) is 2. The predicted molar refractivity (Wildman–Crippen MR) is 97.0 cm³/mol. The van der Waals surface area contributed by atoms with E-state index in [1.165, 1.54) is 6.07 Å². The van der Waals surface area contributed by atoms with Crippen LogP contribution < -0.4 is 10.0 Å². The van der Waals surface area contributed by atoms with Crippen LogP contribution in [0, 0.1) is 19.8 Å². The lowest BCUT2D eigenvalue weighted by Gasteiger charge is -2.21. The Balaban J connectivity index is 2.04. The summed E-state index contributed by atoms with van der Waals surface area (Å²) in [5, 5.41) is 2.71. The Morgan fingerprint density at radius 1 is 1.19 bits per heavy atom. The van der Waals surface area contributed by atoms with Crippen molar-refractivity contribution in [2.75, 3.05) is 6.61 Å². The molecule has 1 atom stereocenters. The lowest BCUT2D eigenvalue weighted by molar-refractivity contribution is -0.151. The first kappa shape index (κ1) is 20.4. The Morgan fingerprint density at radius 3 is 2.38 bits per heavy atom. The summed E-state index contributed by atoms with van der Waals surface area (Å²) in [5.74, 6) is -1.48. The molecule has 1 amide bonds. The van der Waals surface area contributed by atoms with Gasteiger partial charge in [-0.05, 0) is 55.9 Å².